The summed E-state index contributed by atoms with van der Waals surface area (Å²) in [5, 5.41) is 3.43. The van der Waals surface area contributed by atoms with Gasteiger partial charge in [-0.05, 0) is 53.4 Å². The van der Waals surface area contributed by atoms with Crippen molar-refractivity contribution >= 4 is 15.9 Å². The lowest BCUT2D eigenvalue weighted by Crippen LogP contribution is -2.15. The van der Waals surface area contributed by atoms with Gasteiger partial charge in [0.2, 0.25) is 0 Å². The van der Waals surface area contributed by atoms with Crippen LogP contribution >= 0.6 is 15.9 Å². The molecule has 1 aliphatic carbocycles. The first-order valence-corrected chi connectivity index (χ1v) is 7.48. The van der Waals surface area contributed by atoms with Crippen molar-refractivity contribution in [1.29, 1.82) is 0 Å². The summed E-state index contributed by atoms with van der Waals surface area (Å²) >= 11 is 3.48. The van der Waals surface area contributed by atoms with Crippen molar-refractivity contribution in [3.8, 4) is 11.8 Å². The lowest BCUT2D eigenvalue weighted by atomic mass is 10.2. The fourth-order valence-electron chi connectivity index (χ4n) is 1.82. The predicted molar refractivity (Wildman–Crippen MR) is 80.8 cm³/mol. The molecule has 1 saturated carbocycles. The minimum Gasteiger partial charge on any atom is -0.423 e. The Kier molecular flexibility index (Phi) is 3.98. The van der Waals surface area contributed by atoms with E-state index in [1.54, 1.807) is 12.4 Å². The van der Waals surface area contributed by atoms with Crippen LogP contribution in [-0.4, -0.2) is 16.0 Å². The topological polar surface area (TPSA) is 47.0 Å². The Morgan fingerprint density at radius 3 is 2.70 bits per heavy atom. The highest BCUT2D eigenvalue weighted by Crippen LogP contribution is 2.28. The Balaban J connectivity index is 1.64. The third-order valence-corrected chi connectivity index (χ3v) is 3.76. The van der Waals surface area contributed by atoms with Crippen LogP contribution in [-0.2, 0) is 6.54 Å². The maximum absolute atomic E-state index is 5.67. The Bertz CT molecular complexity index is 597. The maximum atomic E-state index is 5.67. The smallest absolute Gasteiger partial charge is 0.321 e. The van der Waals surface area contributed by atoms with Crippen LogP contribution < -0.4 is 10.1 Å². The Labute approximate surface area is 126 Å². The van der Waals surface area contributed by atoms with Crippen molar-refractivity contribution in [3.05, 3.63) is 46.2 Å². The van der Waals surface area contributed by atoms with Crippen molar-refractivity contribution in [2.24, 2.45) is 0 Å². The normalized spacial score (nSPS) is 14.3. The number of benzene rings is 1. The molecular formula is C15H16BrN3O. The fourth-order valence-corrected chi connectivity index (χ4v) is 2.40. The molecule has 0 bridgehead atoms. The second kappa shape index (κ2) is 5.89. The molecular weight excluding hydrogens is 318 g/mol. The largest absolute Gasteiger partial charge is 0.423 e. The summed E-state index contributed by atoms with van der Waals surface area (Å²) in [6.07, 6.45) is 6.17. The molecule has 0 saturated heterocycles. The van der Waals surface area contributed by atoms with Gasteiger partial charge in [0, 0.05) is 30.5 Å². The summed E-state index contributed by atoms with van der Waals surface area (Å²) in [6.45, 7) is 2.85. The Morgan fingerprint density at radius 2 is 2.05 bits per heavy atom. The molecule has 1 heterocycles. The summed E-state index contributed by atoms with van der Waals surface area (Å²) in [7, 11) is 0. The zero-order valence-corrected chi connectivity index (χ0v) is 12.9. The number of aryl methyl sites for hydroxylation is 1. The quantitative estimate of drug-likeness (QED) is 0.908. The monoisotopic (exact) mass is 333 g/mol. The number of nitrogens with zero attached hydrogens (tertiary/aromatic N) is 2. The number of ether oxygens (including phenoxy) is 1. The second-order valence-electron chi connectivity index (χ2n) is 5.06. The van der Waals surface area contributed by atoms with Gasteiger partial charge >= 0.3 is 6.01 Å². The standard InChI is InChI=1S/C15H16BrN3O/c1-10-2-5-14(13(16)6-10)20-15-18-8-11(9-19-15)7-17-12-3-4-12/h2,5-6,8-9,12,17H,3-4,7H2,1H3. The van der Waals surface area contributed by atoms with Crippen LogP contribution in [0.1, 0.15) is 24.0 Å². The van der Waals surface area contributed by atoms with E-state index in [4.69, 9.17) is 4.74 Å². The van der Waals surface area contributed by atoms with Crippen LogP contribution in [0.4, 0.5) is 0 Å². The molecule has 0 radical (unpaired) electrons. The second-order valence-corrected chi connectivity index (χ2v) is 5.92. The Morgan fingerprint density at radius 1 is 1.30 bits per heavy atom. The first kappa shape index (κ1) is 13.5. The average Bonchev–Trinajstić information content (AvgIpc) is 3.25. The van der Waals surface area contributed by atoms with E-state index in [1.807, 2.05) is 25.1 Å². The molecule has 1 N–H and O–H groups in total. The summed E-state index contributed by atoms with van der Waals surface area (Å²) in [5.41, 5.74) is 2.25. The zero-order chi connectivity index (χ0) is 13.9. The molecule has 1 fully saturated rings. The summed E-state index contributed by atoms with van der Waals surface area (Å²) in [5.74, 6) is 0.722. The van der Waals surface area contributed by atoms with E-state index in [0.29, 0.717) is 12.1 Å². The van der Waals surface area contributed by atoms with Gasteiger partial charge in [-0.25, -0.2) is 9.97 Å². The van der Waals surface area contributed by atoms with Crippen LogP contribution in [0.5, 0.6) is 11.8 Å². The lowest BCUT2D eigenvalue weighted by molar-refractivity contribution is 0.438. The SMILES string of the molecule is Cc1ccc(Oc2ncc(CNC3CC3)cn2)c(Br)c1. The molecule has 104 valence electrons. The number of rotatable bonds is 5. The van der Waals surface area contributed by atoms with Gasteiger partial charge in [-0.15, -0.1) is 0 Å². The van der Waals surface area contributed by atoms with E-state index in [2.05, 4.69) is 31.2 Å². The van der Waals surface area contributed by atoms with Crippen molar-refractivity contribution in [1.82, 2.24) is 15.3 Å². The van der Waals surface area contributed by atoms with Crippen molar-refractivity contribution in [2.75, 3.05) is 0 Å². The predicted octanol–water partition coefficient (Wildman–Crippen LogP) is 3.59. The first-order valence-electron chi connectivity index (χ1n) is 6.69. The highest BCUT2D eigenvalue weighted by Gasteiger charge is 2.20. The van der Waals surface area contributed by atoms with Gasteiger partial charge in [0.15, 0.2) is 0 Å². The summed E-state index contributed by atoms with van der Waals surface area (Å²) < 4.78 is 6.57. The van der Waals surface area contributed by atoms with Crippen LogP contribution in [0.3, 0.4) is 0 Å². The van der Waals surface area contributed by atoms with Gasteiger partial charge in [0.1, 0.15) is 5.75 Å². The van der Waals surface area contributed by atoms with E-state index in [0.717, 1.165) is 22.3 Å². The van der Waals surface area contributed by atoms with Crippen LogP contribution in [0.25, 0.3) is 0 Å². The molecule has 0 unspecified atom stereocenters. The highest BCUT2D eigenvalue weighted by molar-refractivity contribution is 9.10. The molecule has 0 aliphatic heterocycles. The molecule has 0 amide bonds. The molecule has 2 aromatic rings. The van der Waals surface area contributed by atoms with Gasteiger partial charge < -0.3 is 10.1 Å². The highest BCUT2D eigenvalue weighted by atomic mass is 79.9. The van der Waals surface area contributed by atoms with Crippen LogP contribution in [0.15, 0.2) is 35.1 Å². The fraction of sp³-hybridized carbons (Fsp3) is 0.333. The minimum atomic E-state index is 0.365. The number of nitrogens with one attached hydrogen (secondary N) is 1. The van der Waals surface area contributed by atoms with Gasteiger partial charge in [-0.1, -0.05) is 6.07 Å². The number of aromatic nitrogens is 2. The zero-order valence-electron chi connectivity index (χ0n) is 11.3. The van der Waals surface area contributed by atoms with Gasteiger partial charge in [-0.3, -0.25) is 0 Å². The third kappa shape index (κ3) is 3.55. The number of hydrogen-bond acceptors (Lipinski definition) is 4. The van der Waals surface area contributed by atoms with Crippen molar-refractivity contribution < 1.29 is 4.74 Å². The minimum absolute atomic E-state index is 0.365. The van der Waals surface area contributed by atoms with E-state index >= 15 is 0 Å². The molecule has 1 aromatic heterocycles. The molecule has 4 nitrogen and oxygen atoms in total. The number of hydrogen-bond donors (Lipinski definition) is 1. The van der Waals surface area contributed by atoms with Gasteiger partial charge in [-0.2, -0.15) is 0 Å². The van der Waals surface area contributed by atoms with Gasteiger partial charge in [0.05, 0.1) is 4.47 Å². The van der Waals surface area contributed by atoms with Gasteiger partial charge in [0.25, 0.3) is 0 Å². The van der Waals surface area contributed by atoms with E-state index in [9.17, 15) is 0 Å². The Hall–Kier alpha value is -1.46. The average molecular weight is 334 g/mol. The van der Waals surface area contributed by atoms with Crippen molar-refractivity contribution in [2.45, 2.75) is 32.4 Å². The third-order valence-electron chi connectivity index (χ3n) is 3.14. The molecule has 5 heteroatoms. The van der Waals surface area contributed by atoms with Crippen LogP contribution in [0.2, 0.25) is 0 Å². The number of halogens is 1. The first-order chi connectivity index (χ1) is 9.70. The van der Waals surface area contributed by atoms with Crippen LogP contribution in [0, 0.1) is 6.92 Å². The van der Waals surface area contributed by atoms with Crippen molar-refractivity contribution in [3.63, 3.8) is 0 Å². The van der Waals surface area contributed by atoms with E-state index < -0.39 is 0 Å². The molecule has 1 aliphatic rings. The lowest BCUT2D eigenvalue weighted by Gasteiger charge is -2.07. The summed E-state index contributed by atoms with van der Waals surface area (Å²) in [4.78, 5) is 8.48. The molecule has 0 atom stereocenters. The molecule has 3 rings (SSSR count). The van der Waals surface area contributed by atoms with E-state index in [1.165, 1.54) is 18.4 Å². The van der Waals surface area contributed by atoms with E-state index in [-0.39, 0.29) is 0 Å². The summed E-state index contributed by atoms with van der Waals surface area (Å²) in [6, 6.07) is 6.96. The molecule has 1 aromatic carbocycles. The molecule has 20 heavy (non-hydrogen) atoms. The maximum Gasteiger partial charge on any atom is 0.321 e. The molecule has 0 spiro atoms.